The average Bonchev–Trinajstić information content (AvgIpc) is 2.80. The summed E-state index contributed by atoms with van der Waals surface area (Å²) in [7, 11) is 2.96. The van der Waals surface area contributed by atoms with Crippen LogP contribution in [0.15, 0.2) is 0 Å². The SMILES string of the molecule is CCN(CC)CCCCCCCC([SiH2]CNCCC[Si](C)(OC)OC)[Si](C)(OC)OC. The molecule has 0 radical (unpaired) electrons. The molecule has 0 saturated heterocycles. The van der Waals surface area contributed by atoms with Gasteiger partial charge in [-0.1, -0.05) is 46.0 Å². The molecule has 0 spiro atoms. The molecule has 1 atom stereocenters. The van der Waals surface area contributed by atoms with E-state index in [1.165, 1.54) is 58.2 Å². The summed E-state index contributed by atoms with van der Waals surface area (Å²) in [6, 6.07) is 1.04. The lowest BCUT2D eigenvalue weighted by molar-refractivity contribution is 0.243. The molecule has 0 fully saturated rings. The van der Waals surface area contributed by atoms with Crippen LogP contribution in [0.5, 0.6) is 0 Å². The third kappa shape index (κ3) is 13.6. The van der Waals surface area contributed by atoms with Crippen molar-refractivity contribution in [2.24, 2.45) is 0 Å². The van der Waals surface area contributed by atoms with E-state index in [2.05, 4.69) is 37.2 Å². The monoisotopic (exact) mass is 494 g/mol. The van der Waals surface area contributed by atoms with E-state index in [1.54, 1.807) is 14.2 Å². The van der Waals surface area contributed by atoms with Gasteiger partial charge in [0.05, 0.1) is 0 Å². The molecule has 1 unspecified atom stereocenters. The van der Waals surface area contributed by atoms with Crippen molar-refractivity contribution in [3.05, 3.63) is 0 Å². The molecular formula is C22H54N2O4Si3. The summed E-state index contributed by atoms with van der Waals surface area (Å²) in [6.07, 6.45) is 10.2. The molecule has 0 amide bonds. The minimum absolute atomic E-state index is 0.292. The quantitative estimate of drug-likeness (QED) is 0.182. The van der Waals surface area contributed by atoms with Gasteiger partial charge in [0, 0.05) is 38.0 Å². The largest absolute Gasteiger partial charge is 0.398 e. The minimum Gasteiger partial charge on any atom is -0.398 e. The van der Waals surface area contributed by atoms with Crippen LogP contribution in [0.25, 0.3) is 0 Å². The highest BCUT2D eigenvalue weighted by atomic mass is 28.4. The van der Waals surface area contributed by atoms with E-state index in [0.717, 1.165) is 25.2 Å². The molecule has 0 aromatic heterocycles. The smallest absolute Gasteiger partial charge is 0.334 e. The molecule has 0 bridgehead atoms. The van der Waals surface area contributed by atoms with Gasteiger partial charge in [-0.15, -0.1) is 0 Å². The molecule has 0 aliphatic rings. The summed E-state index contributed by atoms with van der Waals surface area (Å²) in [4.78, 5) is 2.52. The second-order valence-electron chi connectivity index (χ2n) is 8.89. The van der Waals surface area contributed by atoms with Crippen molar-refractivity contribution in [3.63, 3.8) is 0 Å². The molecule has 0 aromatic carbocycles. The molecule has 0 aliphatic carbocycles. The molecule has 0 aromatic rings. The van der Waals surface area contributed by atoms with Crippen molar-refractivity contribution in [2.45, 2.75) is 83.1 Å². The maximum atomic E-state index is 5.94. The molecule has 9 heteroatoms. The van der Waals surface area contributed by atoms with Crippen LogP contribution in [-0.2, 0) is 17.7 Å². The van der Waals surface area contributed by atoms with Crippen LogP contribution in [0, 0.1) is 0 Å². The second-order valence-corrected chi connectivity index (χ2v) is 19.0. The zero-order valence-electron chi connectivity index (χ0n) is 22.1. The van der Waals surface area contributed by atoms with Crippen LogP contribution in [0.1, 0.15) is 58.8 Å². The Morgan fingerprint density at radius 1 is 0.806 bits per heavy atom. The highest BCUT2D eigenvalue weighted by Crippen LogP contribution is 2.28. The van der Waals surface area contributed by atoms with Gasteiger partial charge < -0.3 is 27.9 Å². The van der Waals surface area contributed by atoms with Crippen molar-refractivity contribution in [2.75, 3.05) is 60.8 Å². The standard InChI is InChI=1S/C22H54N2O4Si3/c1-9-24(10-2)19-15-13-11-12-14-17-22(31(8,27-5)28-6)29-21-23-18-16-20-30(7,25-3)26-4/h22-23H,9-21,29H2,1-8H3. The Bertz CT molecular complexity index is 410. The van der Waals surface area contributed by atoms with E-state index >= 15 is 0 Å². The van der Waals surface area contributed by atoms with Gasteiger partial charge in [0.2, 0.25) is 0 Å². The fraction of sp³-hybridized carbons (Fsp3) is 1.00. The Morgan fingerprint density at radius 3 is 1.94 bits per heavy atom. The maximum absolute atomic E-state index is 5.94. The lowest BCUT2D eigenvalue weighted by atomic mass is 10.1. The number of unbranched alkanes of at least 4 members (excludes halogenated alkanes) is 4. The number of rotatable bonds is 22. The topological polar surface area (TPSA) is 52.2 Å². The first kappa shape index (κ1) is 31.4. The van der Waals surface area contributed by atoms with Gasteiger partial charge in [-0.3, -0.25) is 0 Å². The zero-order valence-corrected chi connectivity index (χ0v) is 25.5. The number of nitrogens with one attached hydrogen (secondary N) is 1. The van der Waals surface area contributed by atoms with Crippen LogP contribution in [-0.4, -0.2) is 92.3 Å². The number of nitrogens with zero attached hydrogens (tertiary/aromatic N) is 1. The molecule has 0 aliphatic heterocycles. The molecule has 0 rings (SSSR count). The molecule has 31 heavy (non-hydrogen) atoms. The third-order valence-electron chi connectivity index (χ3n) is 6.99. The van der Waals surface area contributed by atoms with Crippen LogP contribution in [0.3, 0.4) is 0 Å². The molecule has 0 heterocycles. The summed E-state index contributed by atoms with van der Waals surface area (Å²) in [5.41, 5.74) is 0. The van der Waals surface area contributed by atoms with E-state index < -0.39 is 17.1 Å². The lowest BCUT2D eigenvalue weighted by Crippen LogP contribution is -2.46. The highest BCUT2D eigenvalue weighted by Gasteiger charge is 2.38. The van der Waals surface area contributed by atoms with Gasteiger partial charge in [-0.05, 0) is 69.5 Å². The van der Waals surface area contributed by atoms with E-state index in [0.29, 0.717) is 5.16 Å². The molecule has 6 nitrogen and oxygen atoms in total. The first-order chi connectivity index (χ1) is 14.8. The normalized spacial score (nSPS) is 14.2. The van der Waals surface area contributed by atoms with Gasteiger partial charge >= 0.3 is 17.1 Å². The van der Waals surface area contributed by atoms with Crippen molar-refractivity contribution in [1.82, 2.24) is 10.2 Å². The van der Waals surface area contributed by atoms with Crippen molar-refractivity contribution in [1.29, 1.82) is 0 Å². The van der Waals surface area contributed by atoms with E-state index in [4.69, 9.17) is 17.7 Å². The fourth-order valence-corrected chi connectivity index (χ4v) is 12.0. The lowest BCUT2D eigenvalue weighted by Gasteiger charge is -2.32. The van der Waals surface area contributed by atoms with Gasteiger partial charge in [0.1, 0.15) is 0 Å². The Hall–Kier alpha value is 0.411. The maximum Gasteiger partial charge on any atom is 0.334 e. The van der Waals surface area contributed by atoms with E-state index in [1.807, 2.05) is 14.2 Å². The Labute approximate surface area is 198 Å². The molecular weight excluding hydrogens is 441 g/mol. The molecule has 188 valence electrons. The summed E-state index contributed by atoms with van der Waals surface area (Å²) in [6.45, 7) is 13.5. The number of hydrogen-bond donors (Lipinski definition) is 1. The third-order valence-corrected chi connectivity index (χ3v) is 18.2. The van der Waals surface area contributed by atoms with E-state index in [9.17, 15) is 0 Å². The van der Waals surface area contributed by atoms with Crippen molar-refractivity contribution in [3.8, 4) is 0 Å². The summed E-state index contributed by atoms with van der Waals surface area (Å²) >= 11 is 0. The summed E-state index contributed by atoms with van der Waals surface area (Å²) in [5, 5.41) is 4.35. The predicted molar refractivity (Wildman–Crippen MR) is 141 cm³/mol. The zero-order chi connectivity index (χ0) is 23.6. The van der Waals surface area contributed by atoms with E-state index in [-0.39, 0.29) is 9.52 Å². The molecule has 1 N–H and O–H groups in total. The van der Waals surface area contributed by atoms with Crippen LogP contribution in [0.4, 0.5) is 0 Å². The average molecular weight is 495 g/mol. The van der Waals surface area contributed by atoms with Gasteiger partial charge in [0.25, 0.3) is 0 Å². The van der Waals surface area contributed by atoms with Gasteiger partial charge in [-0.25, -0.2) is 0 Å². The highest BCUT2D eigenvalue weighted by molar-refractivity contribution is 6.77. The van der Waals surface area contributed by atoms with Gasteiger partial charge in [0.15, 0.2) is 0 Å². The van der Waals surface area contributed by atoms with Crippen LogP contribution in [0.2, 0.25) is 24.3 Å². The Balaban J connectivity index is 4.21. The Kier molecular flexibility index (Phi) is 19.0. The molecule has 0 saturated carbocycles. The van der Waals surface area contributed by atoms with Gasteiger partial charge in [-0.2, -0.15) is 0 Å². The first-order valence-corrected chi connectivity index (χ1v) is 19.2. The second kappa shape index (κ2) is 18.8. The minimum atomic E-state index is -2.05. The predicted octanol–water partition coefficient (Wildman–Crippen LogP) is 3.83. The first-order valence-electron chi connectivity index (χ1n) is 12.5. The number of hydrogen-bond acceptors (Lipinski definition) is 6. The van der Waals surface area contributed by atoms with Crippen LogP contribution < -0.4 is 5.32 Å². The van der Waals surface area contributed by atoms with Crippen molar-refractivity contribution < 1.29 is 17.7 Å². The van der Waals surface area contributed by atoms with Crippen LogP contribution >= 0.6 is 0 Å². The Morgan fingerprint density at radius 2 is 1.39 bits per heavy atom. The summed E-state index contributed by atoms with van der Waals surface area (Å²) in [5.74, 6) is 0. The fourth-order valence-electron chi connectivity index (χ4n) is 4.10. The van der Waals surface area contributed by atoms with Crippen molar-refractivity contribution >= 4 is 26.6 Å². The summed E-state index contributed by atoms with van der Waals surface area (Å²) < 4.78 is 23.0.